The SMILES string of the molecule is CCNC(c1ccc(Cl)s1)c1cc(Br)ccc1OCC. The van der Waals surface area contributed by atoms with E-state index in [9.17, 15) is 0 Å². The Morgan fingerprint density at radius 1 is 1.30 bits per heavy atom. The lowest BCUT2D eigenvalue weighted by Gasteiger charge is -2.20. The molecule has 20 heavy (non-hydrogen) atoms. The van der Waals surface area contributed by atoms with Gasteiger partial charge in [0.15, 0.2) is 0 Å². The van der Waals surface area contributed by atoms with Gasteiger partial charge in [-0.15, -0.1) is 11.3 Å². The van der Waals surface area contributed by atoms with Gasteiger partial charge in [-0.1, -0.05) is 34.5 Å². The molecule has 0 bridgehead atoms. The first-order valence-corrected chi connectivity index (χ1v) is 8.55. The van der Waals surface area contributed by atoms with Crippen LogP contribution in [0.5, 0.6) is 5.75 Å². The molecule has 2 aromatic rings. The highest BCUT2D eigenvalue weighted by atomic mass is 79.9. The van der Waals surface area contributed by atoms with Crippen LogP contribution in [0, 0.1) is 0 Å². The molecule has 0 amide bonds. The highest BCUT2D eigenvalue weighted by molar-refractivity contribution is 9.10. The molecule has 2 nitrogen and oxygen atoms in total. The molecule has 108 valence electrons. The largest absolute Gasteiger partial charge is 0.494 e. The van der Waals surface area contributed by atoms with Gasteiger partial charge in [-0.3, -0.25) is 0 Å². The summed E-state index contributed by atoms with van der Waals surface area (Å²) in [6.45, 7) is 5.62. The maximum Gasteiger partial charge on any atom is 0.124 e. The molecule has 0 radical (unpaired) electrons. The van der Waals surface area contributed by atoms with Crippen LogP contribution in [0.2, 0.25) is 4.34 Å². The van der Waals surface area contributed by atoms with E-state index in [1.165, 1.54) is 4.88 Å². The summed E-state index contributed by atoms with van der Waals surface area (Å²) in [5, 5.41) is 3.51. The molecule has 0 saturated carbocycles. The Morgan fingerprint density at radius 2 is 2.10 bits per heavy atom. The van der Waals surface area contributed by atoms with Gasteiger partial charge >= 0.3 is 0 Å². The lowest BCUT2D eigenvalue weighted by molar-refractivity contribution is 0.333. The maximum atomic E-state index is 6.07. The average molecular weight is 375 g/mol. The van der Waals surface area contributed by atoms with Crippen molar-refractivity contribution in [3.8, 4) is 5.75 Å². The number of benzene rings is 1. The molecular weight excluding hydrogens is 358 g/mol. The van der Waals surface area contributed by atoms with Crippen molar-refractivity contribution in [2.75, 3.05) is 13.2 Å². The van der Waals surface area contributed by atoms with E-state index in [1.807, 2.05) is 25.1 Å². The summed E-state index contributed by atoms with van der Waals surface area (Å²) in [7, 11) is 0. The third-order valence-corrected chi connectivity index (χ3v) is 4.66. The zero-order chi connectivity index (χ0) is 14.5. The minimum Gasteiger partial charge on any atom is -0.494 e. The van der Waals surface area contributed by atoms with Crippen LogP contribution in [-0.2, 0) is 0 Å². The fraction of sp³-hybridized carbons (Fsp3) is 0.333. The quantitative estimate of drug-likeness (QED) is 0.744. The summed E-state index contributed by atoms with van der Waals surface area (Å²) in [6.07, 6.45) is 0. The zero-order valence-corrected chi connectivity index (χ0v) is 14.6. The van der Waals surface area contributed by atoms with Crippen molar-refractivity contribution in [1.29, 1.82) is 0 Å². The molecule has 0 aliphatic heterocycles. The molecule has 1 aromatic heterocycles. The van der Waals surface area contributed by atoms with Crippen LogP contribution in [0.1, 0.15) is 30.3 Å². The van der Waals surface area contributed by atoms with E-state index in [-0.39, 0.29) is 6.04 Å². The molecule has 1 heterocycles. The van der Waals surface area contributed by atoms with E-state index in [4.69, 9.17) is 16.3 Å². The molecule has 1 unspecified atom stereocenters. The predicted octanol–water partition coefficient (Wildman–Crippen LogP) is 5.26. The number of nitrogens with one attached hydrogen (secondary N) is 1. The molecule has 0 spiro atoms. The van der Waals surface area contributed by atoms with E-state index in [2.05, 4.69) is 40.3 Å². The van der Waals surface area contributed by atoms with Gasteiger partial charge in [0.25, 0.3) is 0 Å². The second-order valence-corrected chi connectivity index (χ2v) is 6.91. The highest BCUT2D eigenvalue weighted by Gasteiger charge is 2.19. The third-order valence-electron chi connectivity index (χ3n) is 2.87. The Balaban J connectivity index is 2.45. The van der Waals surface area contributed by atoms with E-state index in [0.29, 0.717) is 6.61 Å². The minimum atomic E-state index is 0.0940. The van der Waals surface area contributed by atoms with Gasteiger partial charge in [0.05, 0.1) is 17.0 Å². The Morgan fingerprint density at radius 3 is 2.70 bits per heavy atom. The molecule has 2 rings (SSSR count). The Hall–Kier alpha value is -0.550. The fourth-order valence-corrected chi connectivity index (χ4v) is 3.62. The molecule has 0 aliphatic carbocycles. The molecular formula is C15H17BrClNOS. The van der Waals surface area contributed by atoms with Gasteiger partial charge in [0.2, 0.25) is 0 Å². The molecule has 1 aromatic carbocycles. The summed E-state index contributed by atoms with van der Waals surface area (Å²) in [5.74, 6) is 0.908. The van der Waals surface area contributed by atoms with Crippen molar-refractivity contribution >= 4 is 38.9 Å². The highest BCUT2D eigenvalue weighted by Crippen LogP contribution is 2.36. The summed E-state index contributed by atoms with van der Waals surface area (Å²) >= 11 is 11.2. The van der Waals surface area contributed by atoms with Crippen molar-refractivity contribution in [3.63, 3.8) is 0 Å². The molecule has 1 atom stereocenters. The van der Waals surface area contributed by atoms with Crippen LogP contribution in [0.25, 0.3) is 0 Å². The van der Waals surface area contributed by atoms with Gasteiger partial charge in [0, 0.05) is 14.9 Å². The summed E-state index contributed by atoms with van der Waals surface area (Å²) in [5.41, 5.74) is 1.13. The lowest BCUT2D eigenvalue weighted by atomic mass is 10.0. The van der Waals surface area contributed by atoms with Crippen molar-refractivity contribution in [2.45, 2.75) is 19.9 Å². The monoisotopic (exact) mass is 373 g/mol. The average Bonchev–Trinajstić information content (AvgIpc) is 2.85. The first-order valence-electron chi connectivity index (χ1n) is 6.56. The molecule has 0 aliphatic rings. The Kier molecular flexibility index (Phi) is 5.90. The number of hydrogen-bond donors (Lipinski definition) is 1. The Labute approximate surface area is 137 Å². The fourth-order valence-electron chi connectivity index (χ4n) is 2.08. The van der Waals surface area contributed by atoms with Crippen molar-refractivity contribution in [2.24, 2.45) is 0 Å². The molecule has 0 fully saturated rings. The van der Waals surface area contributed by atoms with E-state index >= 15 is 0 Å². The number of halogens is 2. The second-order valence-electron chi connectivity index (χ2n) is 4.25. The normalized spacial score (nSPS) is 12.4. The van der Waals surface area contributed by atoms with Crippen LogP contribution >= 0.6 is 38.9 Å². The van der Waals surface area contributed by atoms with Crippen LogP contribution in [0.4, 0.5) is 0 Å². The van der Waals surface area contributed by atoms with Crippen LogP contribution in [0.3, 0.4) is 0 Å². The first-order chi connectivity index (χ1) is 9.65. The van der Waals surface area contributed by atoms with Gasteiger partial charge in [-0.25, -0.2) is 0 Å². The standard InChI is InChI=1S/C15H17BrClNOS/c1-3-18-15(13-7-8-14(17)20-13)11-9-10(16)5-6-12(11)19-4-2/h5-9,15,18H,3-4H2,1-2H3. The smallest absolute Gasteiger partial charge is 0.124 e. The maximum absolute atomic E-state index is 6.07. The van der Waals surface area contributed by atoms with Gasteiger partial charge < -0.3 is 10.1 Å². The summed E-state index contributed by atoms with van der Waals surface area (Å²) in [6, 6.07) is 10.2. The minimum absolute atomic E-state index is 0.0940. The van der Waals surface area contributed by atoms with E-state index in [1.54, 1.807) is 11.3 Å². The van der Waals surface area contributed by atoms with E-state index in [0.717, 1.165) is 26.7 Å². The summed E-state index contributed by atoms with van der Waals surface area (Å²) < 4.78 is 7.60. The molecule has 0 saturated heterocycles. The van der Waals surface area contributed by atoms with Crippen LogP contribution in [-0.4, -0.2) is 13.2 Å². The van der Waals surface area contributed by atoms with Crippen LogP contribution < -0.4 is 10.1 Å². The van der Waals surface area contributed by atoms with Crippen molar-refractivity contribution in [1.82, 2.24) is 5.32 Å². The predicted molar refractivity (Wildman–Crippen MR) is 90.2 cm³/mol. The lowest BCUT2D eigenvalue weighted by Crippen LogP contribution is -2.21. The Bertz CT molecular complexity index is 573. The van der Waals surface area contributed by atoms with Crippen molar-refractivity contribution in [3.05, 3.63) is 49.6 Å². The number of ether oxygens (including phenoxy) is 1. The molecule has 5 heteroatoms. The first kappa shape index (κ1) is 15.8. The van der Waals surface area contributed by atoms with Gasteiger partial charge in [-0.2, -0.15) is 0 Å². The number of thiophene rings is 1. The summed E-state index contributed by atoms with van der Waals surface area (Å²) in [4.78, 5) is 1.19. The topological polar surface area (TPSA) is 21.3 Å². The third kappa shape index (κ3) is 3.76. The number of hydrogen-bond acceptors (Lipinski definition) is 3. The molecule has 1 N–H and O–H groups in total. The van der Waals surface area contributed by atoms with Gasteiger partial charge in [0.1, 0.15) is 5.75 Å². The zero-order valence-electron chi connectivity index (χ0n) is 11.5. The number of rotatable bonds is 6. The van der Waals surface area contributed by atoms with E-state index < -0.39 is 0 Å². The van der Waals surface area contributed by atoms with Gasteiger partial charge in [-0.05, 0) is 43.8 Å². The van der Waals surface area contributed by atoms with Crippen LogP contribution in [0.15, 0.2) is 34.8 Å². The van der Waals surface area contributed by atoms with Crippen molar-refractivity contribution < 1.29 is 4.74 Å². The second kappa shape index (κ2) is 7.46.